The van der Waals surface area contributed by atoms with E-state index in [1.165, 1.54) is 25.7 Å². The molecule has 4 heteroatoms. The molecular weight excluding hydrogens is 218 g/mol. The zero-order valence-corrected chi connectivity index (χ0v) is 11.1. The summed E-state index contributed by atoms with van der Waals surface area (Å²) >= 11 is 0. The standard InChI is InChI=1S/C13H25NO3/c1-3-4-5-6-7-8-11-14(2)12(15)9-10-13(16)17/h3-11H2,1-2H3,(H,16,17). The van der Waals surface area contributed by atoms with Crippen LogP contribution in [0, 0.1) is 0 Å². The zero-order valence-electron chi connectivity index (χ0n) is 11.1. The van der Waals surface area contributed by atoms with E-state index in [4.69, 9.17) is 5.11 Å². The summed E-state index contributed by atoms with van der Waals surface area (Å²) in [4.78, 5) is 23.4. The summed E-state index contributed by atoms with van der Waals surface area (Å²) in [6.07, 6.45) is 7.23. The summed E-state index contributed by atoms with van der Waals surface area (Å²) in [7, 11) is 1.75. The monoisotopic (exact) mass is 243 g/mol. The Labute approximate surface area is 104 Å². The minimum Gasteiger partial charge on any atom is -0.481 e. The van der Waals surface area contributed by atoms with Crippen LogP contribution in [0.1, 0.15) is 58.3 Å². The van der Waals surface area contributed by atoms with Gasteiger partial charge in [-0.3, -0.25) is 9.59 Å². The number of hydrogen-bond acceptors (Lipinski definition) is 2. The Kier molecular flexibility index (Phi) is 9.49. The van der Waals surface area contributed by atoms with Gasteiger partial charge in [0.15, 0.2) is 0 Å². The van der Waals surface area contributed by atoms with E-state index in [1.807, 2.05) is 0 Å². The lowest BCUT2D eigenvalue weighted by molar-refractivity contribution is -0.140. The molecule has 0 spiro atoms. The Bertz CT molecular complexity index is 229. The van der Waals surface area contributed by atoms with Crippen LogP contribution in [0.15, 0.2) is 0 Å². The molecule has 1 N–H and O–H groups in total. The van der Waals surface area contributed by atoms with Crippen LogP contribution in [0.2, 0.25) is 0 Å². The van der Waals surface area contributed by atoms with E-state index in [2.05, 4.69) is 6.92 Å². The van der Waals surface area contributed by atoms with Gasteiger partial charge < -0.3 is 10.0 Å². The van der Waals surface area contributed by atoms with Crippen LogP contribution < -0.4 is 0 Å². The van der Waals surface area contributed by atoms with Gasteiger partial charge in [0.1, 0.15) is 0 Å². The summed E-state index contributed by atoms with van der Waals surface area (Å²) in [6.45, 7) is 2.93. The molecule has 0 rings (SSSR count). The van der Waals surface area contributed by atoms with Crippen LogP contribution in [0.5, 0.6) is 0 Å². The van der Waals surface area contributed by atoms with Gasteiger partial charge in [-0.2, -0.15) is 0 Å². The van der Waals surface area contributed by atoms with Gasteiger partial charge in [0.05, 0.1) is 6.42 Å². The third-order valence-electron chi connectivity index (χ3n) is 2.83. The van der Waals surface area contributed by atoms with Crippen LogP contribution in [0.3, 0.4) is 0 Å². The lowest BCUT2D eigenvalue weighted by atomic mass is 10.1. The molecular formula is C13H25NO3. The van der Waals surface area contributed by atoms with Crippen molar-refractivity contribution in [1.82, 2.24) is 4.90 Å². The fraction of sp³-hybridized carbons (Fsp3) is 0.846. The maximum Gasteiger partial charge on any atom is 0.303 e. The normalized spacial score (nSPS) is 10.2. The highest BCUT2D eigenvalue weighted by Crippen LogP contribution is 2.06. The number of hydrogen-bond donors (Lipinski definition) is 1. The first kappa shape index (κ1) is 15.9. The number of carbonyl (C=O) groups is 2. The molecule has 17 heavy (non-hydrogen) atoms. The van der Waals surface area contributed by atoms with Crippen molar-refractivity contribution in [3.8, 4) is 0 Å². The summed E-state index contributed by atoms with van der Waals surface area (Å²) in [5, 5.41) is 8.47. The first-order valence-corrected chi connectivity index (χ1v) is 6.53. The van der Waals surface area contributed by atoms with E-state index >= 15 is 0 Å². The molecule has 0 aromatic carbocycles. The molecule has 0 saturated carbocycles. The number of carboxylic acid groups (broad SMARTS) is 1. The number of carbonyl (C=O) groups excluding carboxylic acids is 1. The van der Waals surface area contributed by atoms with Crippen LogP contribution >= 0.6 is 0 Å². The van der Waals surface area contributed by atoms with Crippen molar-refractivity contribution in [2.75, 3.05) is 13.6 Å². The second-order valence-electron chi connectivity index (χ2n) is 4.48. The minimum atomic E-state index is -0.911. The van der Waals surface area contributed by atoms with Crippen molar-refractivity contribution in [3.05, 3.63) is 0 Å². The molecule has 0 heterocycles. The number of amides is 1. The SMILES string of the molecule is CCCCCCCCN(C)C(=O)CCC(=O)O. The number of carboxylic acids is 1. The smallest absolute Gasteiger partial charge is 0.303 e. The predicted octanol–water partition coefficient (Wildman–Crippen LogP) is 2.67. The minimum absolute atomic E-state index is 0.0686. The average molecular weight is 243 g/mol. The van der Waals surface area contributed by atoms with Crippen LogP contribution in [-0.4, -0.2) is 35.5 Å². The molecule has 1 amide bonds. The second-order valence-corrected chi connectivity index (χ2v) is 4.48. The van der Waals surface area contributed by atoms with Crippen LogP contribution in [0.4, 0.5) is 0 Å². The molecule has 0 bridgehead atoms. The first-order valence-electron chi connectivity index (χ1n) is 6.53. The molecule has 100 valence electrons. The lowest BCUT2D eigenvalue weighted by Gasteiger charge is -2.16. The Morgan fingerprint density at radius 1 is 1.00 bits per heavy atom. The highest BCUT2D eigenvalue weighted by molar-refractivity contribution is 5.80. The van der Waals surface area contributed by atoms with E-state index in [1.54, 1.807) is 11.9 Å². The first-order chi connectivity index (χ1) is 8.07. The van der Waals surface area contributed by atoms with Gasteiger partial charge in [-0.15, -0.1) is 0 Å². The van der Waals surface area contributed by atoms with Crippen LogP contribution in [0.25, 0.3) is 0 Å². The molecule has 0 aromatic heterocycles. The van der Waals surface area contributed by atoms with Gasteiger partial charge in [0.25, 0.3) is 0 Å². The third-order valence-corrected chi connectivity index (χ3v) is 2.83. The van der Waals surface area contributed by atoms with E-state index < -0.39 is 5.97 Å². The van der Waals surface area contributed by atoms with Crippen molar-refractivity contribution in [1.29, 1.82) is 0 Å². The van der Waals surface area contributed by atoms with Crippen molar-refractivity contribution in [3.63, 3.8) is 0 Å². The molecule has 0 saturated heterocycles. The van der Waals surface area contributed by atoms with Gasteiger partial charge in [0.2, 0.25) is 5.91 Å². The van der Waals surface area contributed by atoms with Gasteiger partial charge in [-0.05, 0) is 6.42 Å². The Morgan fingerprint density at radius 2 is 1.59 bits per heavy atom. The van der Waals surface area contributed by atoms with E-state index in [9.17, 15) is 9.59 Å². The molecule has 0 aliphatic carbocycles. The highest BCUT2D eigenvalue weighted by atomic mass is 16.4. The quantitative estimate of drug-likeness (QED) is 0.600. The summed E-state index contributed by atoms with van der Waals surface area (Å²) in [5.41, 5.74) is 0. The van der Waals surface area contributed by atoms with E-state index in [0.717, 1.165) is 19.4 Å². The average Bonchev–Trinajstić information content (AvgIpc) is 2.30. The van der Waals surface area contributed by atoms with E-state index in [-0.39, 0.29) is 18.7 Å². The molecule has 0 aliphatic heterocycles. The molecule has 0 unspecified atom stereocenters. The molecule has 0 aromatic rings. The molecule has 0 atom stereocenters. The van der Waals surface area contributed by atoms with Crippen molar-refractivity contribution < 1.29 is 14.7 Å². The van der Waals surface area contributed by atoms with Crippen molar-refractivity contribution in [2.24, 2.45) is 0 Å². The Balaban J connectivity index is 3.47. The third kappa shape index (κ3) is 9.85. The van der Waals surface area contributed by atoms with Crippen molar-refractivity contribution in [2.45, 2.75) is 58.3 Å². The van der Waals surface area contributed by atoms with Gasteiger partial charge in [-0.1, -0.05) is 39.0 Å². The topological polar surface area (TPSA) is 57.6 Å². The fourth-order valence-corrected chi connectivity index (χ4v) is 1.66. The maximum atomic E-state index is 11.5. The summed E-state index contributed by atoms with van der Waals surface area (Å²) in [6, 6.07) is 0. The maximum absolute atomic E-state index is 11.5. The number of unbranched alkanes of at least 4 members (excludes halogenated alkanes) is 5. The fourth-order valence-electron chi connectivity index (χ4n) is 1.66. The number of aliphatic carboxylic acids is 1. The molecule has 0 fully saturated rings. The largest absolute Gasteiger partial charge is 0.481 e. The number of nitrogens with zero attached hydrogens (tertiary/aromatic N) is 1. The van der Waals surface area contributed by atoms with Gasteiger partial charge >= 0.3 is 5.97 Å². The van der Waals surface area contributed by atoms with E-state index in [0.29, 0.717) is 0 Å². The van der Waals surface area contributed by atoms with Gasteiger partial charge in [-0.25, -0.2) is 0 Å². The number of rotatable bonds is 10. The Morgan fingerprint density at radius 3 is 2.18 bits per heavy atom. The predicted molar refractivity (Wildman–Crippen MR) is 67.9 cm³/mol. The molecule has 0 radical (unpaired) electrons. The lowest BCUT2D eigenvalue weighted by Crippen LogP contribution is -2.28. The summed E-state index contributed by atoms with van der Waals surface area (Å²) in [5.74, 6) is -0.979. The summed E-state index contributed by atoms with van der Waals surface area (Å²) < 4.78 is 0. The Hall–Kier alpha value is -1.06. The highest BCUT2D eigenvalue weighted by Gasteiger charge is 2.09. The van der Waals surface area contributed by atoms with Crippen LogP contribution in [-0.2, 0) is 9.59 Å². The van der Waals surface area contributed by atoms with Gasteiger partial charge in [0, 0.05) is 20.0 Å². The second kappa shape index (κ2) is 10.1. The molecule has 0 aliphatic rings. The molecule has 4 nitrogen and oxygen atoms in total. The van der Waals surface area contributed by atoms with Crippen molar-refractivity contribution >= 4 is 11.9 Å². The zero-order chi connectivity index (χ0) is 13.1.